The van der Waals surface area contributed by atoms with Crippen LogP contribution in [0, 0.1) is 0 Å². The molecule has 8 heteroatoms. The molecule has 0 radical (unpaired) electrons. The van der Waals surface area contributed by atoms with Crippen molar-refractivity contribution in [2.24, 2.45) is 0 Å². The number of piperazine rings is 1. The summed E-state index contributed by atoms with van der Waals surface area (Å²) in [6, 6.07) is 17.2. The fourth-order valence-electron chi connectivity index (χ4n) is 4.37. The lowest BCUT2D eigenvalue weighted by Crippen LogP contribution is -2.48. The molecule has 0 saturated carbocycles. The molecule has 3 heterocycles. The molecule has 1 fully saturated rings. The second kappa shape index (κ2) is 9.44. The Morgan fingerprint density at radius 1 is 0.971 bits per heavy atom. The van der Waals surface area contributed by atoms with Gasteiger partial charge in [-0.1, -0.05) is 41.9 Å². The topological polar surface area (TPSA) is 63.4 Å². The van der Waals surface area contributed by atoms with E-state index in [-0.39, 0.29) is 11.5 Å². The number of aryl methyl sites for hydroxylation is 1. The van der Waals surface area contributed by atoms with E-state index in [4.69, 9.17) is 11.6 Å². The number of para-hydroxylation sites is 1. The summed E-state index contributed by atoms with van der Waals surface area (Å²) < 4.78 is 3.26. The lowest BCUT2D eigenvalue weighted by molar-refractivity contribution is 0.0628. The summed E-state index contributed by atoms with van der Waals surface area (Å²) in [5.74, 6) is -0.0864. The third-order valence-electron chi connectivity index (χ3n) is 6.30. The molecule has 0 bridgehead atoms. The predicted molar refractivity (Wildman–Crippen MR) is 133 cm³/mol. The quantitative estimate of drug-likeness (QED) is 0.441. The lowest BCUT2D eigenvalue weighted by atomic mass is 10.1. The molecule has 1 saturated heterocycles. The maximum Gasteiger partial charge on any atom is 0.282 e. The summed E-state index contributed by atoms with van der Waals surface area (Å²) in [5, 5.41) is 5.30. The van der Waals surface area contributed by atoms with Crippen LogP contribution in [0.4, 0.5) is 0 Å². The minimum atomic E-state index is -0.217. The summed E-state index contributed by atoms with van der Waals surface area (Å²) >= 11 is 5.99. The molecule has 5 rings (SSSR count). The van der Waals surface area contributed by atoms with Crippen molar-refractivity contribution in [2.75, 3.05) is 26.2 Å². The van der Waals surface area contributed by atoms with Gasteiger partial charge in [0.25, 0.3) is 11.5 Å². The van der Waals surface area contributed by atoms with Gasteiger partial charge in [0.1, 0.15) is 5.69 Å². The molecule has 0 unspecified atom stereocenters. The van der Waals surface area contributed by atoms with E-state index in [1.165, 1.54) is 10.2 Å². The van der Waals surface area contributed by atoms with Crippen molar-refractivity contribution >= 4 is 17.5 Å². The highest BCUT2D eigenvalue weighted by molar-refractivity contribution is 6.30. The fourth-order valence-corrected chi connectivity index (χ4v) is 4.50. The number of carbonyl (C=O) groups excluding carboxylic acids is 1. The van der Waals surface area contributed by atoms with Crippen LogP contribution in [0.3, 0.4) is 0 Å². The first kappa shape index (κ1) is 22.4. The minimum Gasteiger partial charge on any atom is -0.353 e. The van der Waals surface area contributed by atoms with Crippen molar-refractivity contribution in [2.45, 2.75) is 20.0 Å². The number of fused-ring (bicyclic) bond motifs is 1. The van der Waals surface area contributed by atoms with Crippen molar-refractivity contribution in [3.63, 3.8) is 0 Å². The molecule has 7 nitrogen and oxygen atoms in total. The van der Waals surface area contributed by atoms with Crippen molar-refractivity contribution in [3.05, 3.63) is 93.5 Å². The van der Waals surface area contributed by atoms with Crippen LogP contribution in [-0.4, -0.2) is 56.2 Å². The second-order valence-corrected chi connectivity index (χ2v) is 8.95. The van der Waals surface area contributed by atoms with E-state index in [1.54, 1.807) is 6.20 Å². The van der Waals surface area contributed by atoms with Crippen molar-refractivity contribution < 1.29 is 4.79 Å². The molecule has 1 amide bonds. The van der Waals surface area contributed by atoms with Crippen molar-refractivity contribution in [3.8, 4) is 16.9 Å². The SMILES string of the molecule is CCn1cc(C(=O)N2CCN(Cc3ccc(Cl)cc3)CC2)c2nn(-c3ccccc3)c(=O)c-2c1. The van der Waals surface area contributed by atoms with Gasteiger partial charge in [0.05, 0.1) is 16.8 Å². The van der Waals surface area contributed by atoms with Gasteiger partial charge in [0.15, 0.2) is 0 Å². The standard InChI is InChI=1S/C26H26ClN5O2/c1-2-29-17-22(24-23(18-29)26(34)32(28-24)21-6-4-3-5-7-21)25(33)31-14-12-30(13-15-31)16-19-8-10-20(27)11-9-19/h3-11,17-18H,2,12-16H2,1H3. The van der Waals surface area contributed by atoms with Crippen LogP contribution < -0.4 is 5.56 Å². The van der Waals surface area contributed by atoms with Gasteiger partial charge in [0.2, 0.25) is 0 Å². The number of halogens is 1. The highest BCUT2D eigenvalue weighted by Crippen LogP contribution is 2.24. The van der Waals surface area contributed by atoms with Gasteiger partial charge in [0, 0.05) is 56.7 Å². The average molecular weight is 476 g/mol. The highest BCUT2D eigenvalue weighted by Gasteiger charge is 2.29. The van der Waals surface area contributed by atoms with Gasteiger partial charge < -0.3 is 9.47 Å². The number of pyridine rings is 1. The minimum absolute atomic E-state index is 0.0864. The first-order chi connectivity index (χ1) is 16.5. The number of amides is 1. The second-order valence-electron chi connectivity index (χ2n) is 8.51. The fraction of sp³-hybridized carbons (Fsp3) is 0.269. The number of nitrogens with zero attached hydrogens (tertiary/aromatic N) is 5. The van der Waals surface area contributed by atoms with E-state index < -0.39 is 0 Å². The van der Waals surface area contributed by atoms with Gasteiger partial charge in [-0.3, -0.25) is 14.5 Å². The van der Waals surface area contributed by atoms with Gasteiger partial charge in [-0.2, -0.15) is 9.78 Å². The Morgan fingerprint density at radius 3 is 2.35 bits per heavy atom. The van der Waals surface area contributed by atoms with E-state index in [2.05, 4.69) is 10.00 Å². The summed E-state index contributed by atoms with van der Waals surface area (Å²) in [5.41, 5.74) is 3.04. The molecular weight excluding hydrogens is 450 g/mol. The Bertz CT molecular complexity index is 1320. The Hall–Kier alpha value is -3.42. The molecule has 0 spiro atoms. The third-order valence-corrected chi connectivity index (χ3v) is 6.55. The van der Waals surface area contributed by atoms with Crippen LogP contribution >= 0.6 is 11.6 Å². The largest absolute Gasteiger partial charge is 0.353 e. The normalized spacial score (nSPS) is 14.6. The third kappa shape index (κ3) is 4.36. The van der Waals surface area contributed by atoms with Gasteiger partial charge in [-0.05, 0) is 36.8 Å². The van der Waals surface area contributed by atoms with Crippen LogP contribution in [-0.2, 0) is 13.1 Å². The van der Waals surface area contributed by atoms with E-state index in [1.807, 2.05) is 77.2 Å². The van der Waals surface area contributed by atoms with E-state index in [0.29, 0.717) is 42.1 Å². The molecule has 2 aromatic carbocycles. The smallest absolute Gasteiger partial charge is 0.282 e. The maximum absolute atomic E-state index is 13.6. The number of carbonyl (C=O) groups is 1. The van der Waals surface area contributed by atoms with Gasteiger partial charge >= 0.3 is 0 Å². The van der Waals surface area contributed by atoms with E-state index >= 15 is 0 Å². The molecule has 3 aliphatic heterocycles. The van der Waals surface area contributed by atoms with Crippen LogP contribution in [0.2, 0.25) is 5.02 Å². The molecule has 2 aromatic rings. The molecule has 174 valence electrons. The zero-order valence-corrected chi connectivity index (χ0v) is 19.8. The first-order valence-corrected chi connectivity index (χ1v) is 11.9. The number of rotatable bonds is 5. The Kier molecular flexibility index (Phi) is 6.22. The Balaban J connectivity index is 1.38. The summed E-state index contributed by atoms with van der Waals surface area (Å²) in [6.07, 6.45) is 3.59. The summed E-state index contributed by atoms with van der Waals surface area (Å²) in [4.78, 5) is 30.9. The van der Waals surface area contributed by atoms with Crippen molar-refractivity contribution in [1.82, 2.24) is 24.1 Å². The average Bonchev–Trinajstić information content (AvgIpc) is 3.21. The molecule has 0 aromatic heterocycles. The zero-order chi connectivity index (χ0) is 23.7. The van der Waals surface area contributed by atoms with Crippen molar-refractivity contribution in [1.29, 1.82) is 0 Å². The van der Waals surface area contributed by atoms with Crippen LogP contribution in [0.15, 0.2) is 71.8 Å². The number of hydrogen-bond acceptors (Lipinski definition) is 4. The van der Waals surface area contributed by atoms with E-state index in [0.717, 1.165) is 24.7 Å². The molecule has 3 aliphatic rings. The lowest BCUT2D eigenvalue weighted by Gasteiger charge is -2.35. The maximum atomic E-state index is 13.6. The Morgan fingerprint density at radius 2 is 1.68 bits per heavy atom. The molecular formula is C26H26ClN5O2. The molecule has 34 heavy (non-hydrogen) atoms. The van der Waals surface area contributed by atoms with Crippen LogP contribution in [0.25, 0.3) is 16.9 Å². The summed E-state index contributed by atoms with van der Waals surface area (Å²) in [6.45, 7) is 6.28. The van der Waals surface area contributed by atoms with Crippen LogP contribution in [0.5, 0.6) is 0 Å². The van der Waals surface area contributed by atoms with Gasteiger partial charge in [-0.25, -0.2) is 0 Å². The van der Waals surface area contributed by atoms with E-state index in [9.17, 15) is 9.59 Å². The zero-order valence-electron chi connectivity index (χ0n) is 19.0. The monoisotopic (exact) mass is 475 g/mol. The molecule has 0 atom stereocenters. The Labute approximate surface area is 203 Å². The van der Waals surface area contributed by atoms with Gasteiger partial charge in [-0.15, -0.1) is 0 Å². The number of benzene rings is 2. The predicted octanol–water partition coefficient (Wildman–Crippen LogP) is 3.77. The number of hydrogen-bond donors (Lipinski definition) is 0. The van der Waals surface area contributed by atoms with Crippen LogP contribution in [0.1, 0.15) is 22.8 Å². The summed E-state index contributed by atoms with van der Waals surface area (Å²) in [7, 11) is 0. The highest BCUT2D eigenvalue weighted by atomic mass is 35.5. The molecule has 0 aliphatic carbocycles. The first-order valence-electron chi connectivity index (χ1n) is 11.5. The number of aromatic nitrogens is 3. The molecule has 0 N–H and O–H groups in total.